The van der Waals surface area contributed by atoms with E-state index >= 15 is 0 Å². The molecule has 0 radical (unpaired) electrons. The molecule has 0 bridgehead atoms. The molecule has 0 atom stereocenters. The molecule has 0 saturated carbocycles. The summed E-state index contributed by atoms with van der Waals surface area (Å²) in [6.07, 6.45) is 2.41. The van der Waals surface area contributed by atoms with Gasteiger partial charge >= 0.3 is 0 Å². The number of hydrogen-bond acceptors (Lipinski definition) is 3. The molecule has 0 aliphatic heterocycles. The first-order valence-corrected chi connectivity index (χ1v) is 8.23. The van der Waals surface area contributed by atoms with Gasteiger partial charge in [-0.3, -0.25) is 0 Å². The van der Waals surface area contributed by atoms with E-state index in [4.69, 9.17) is 0 Å². The van der Waals surface area contributed by atoms with Crippen LogP contribution in [0.15, 0.2) is 24.3 Å². The highest BCUT2D eigenvalue weighted by Gasteiger charge is 2.10. The standard InChI is InChI=1S/C18H13F3N2S/c1-2-3-4-11-7-15(20)13(16(21)8-11)6-5-12-9-17-18(10-14(12)19)23-24-22-17/h7-10H,2-4H2,1H3. The van der Waals surface area contributed by atoms with E-state index < -0.39 is 17.5 Å². The normalized spacial score (nSPS) is 10.7. The summed E-state index contributed by atoms with van der Waals surface area (Å²) in [5.41, 5.74) is 1.20. The third kappa shape index (κ3) is 3.41. The summed E-state index contributed by atoms with van der Waals surface area (Å²) in [6, 6.07) is 5.20. The van der Waals surface area contributed by atoms with Gasteiger partial charge in [0.05, 0.1) is 22.9 Å². The maximum Gasteiger partial charge on any atom is 0.142 e. The van der Waals surface area contributed by atoms with Crippen LogP contribution in [-0.2, 0) is 6.42 Å². The Kier molecular flexibility index (Phi) is 4.81. The quantitative estimate of drug-likeness (QED) is 0.634. The monoisotopic (exact) mass is 346 g/mol. The number of hydrogen-bond donors (Lipinski definition) is 0. The Balaban J connectivity index is 1.96. The van der Waals surface area contributed by atoms with Gasteiger partial charge in [0.25, 0.3) is 0 Å². The van der Waals surface area contributed by atoms with Crippen molar-refractivity contribution in [3.8, 4) is 11.8 Å². The molecule has 2 nitrogen and oxygen atoms in total. The number of aromatic nitrogens is 2. The molecule has 122 valence electrons. The summed E-state index contributed by atoms with van der Waals surface area (Å²) >= 11 is 0.963. The van der Waals surface area contributed by atoms with E-state index in [9.17, 15) is 13.2 Å². The molecule has 0 amide bonds. The zero-order valence-electron chi connectivity index (χ0n) is 12.9. The number of aryl methyl sites for hydroxylation is 1. The highest BCUT2D eigenvalue weighted by atomic mass is 32.1. The van der Waals surface area contributed by atoms with Crippen molar-refractivity contribution >= 4 is 22.8 Å². The Morgan fingerprint density at radius 3 is 2.25 bits per heavy atom. The number of nitrogens with zero attached hydrogens (tertiary/aromatic N) is 2. The first kappa shape index (κ1) is 16.5. The average Bonchev–Trinajstić information content (AvgIpc) is 2.99. The van der Waals surface area contributed by atoms with Gasteiger partial charge in [-0.15, -0.1) is 0 Å². The van der Waals surface area contributed by atoms with Crippen molar-refractivity contribution in [2.75, 3.05) is 0 Å². The molecule has 0 spiro atoms. The lowest BCUT2D eigenvalue weighted by Crippen LogP contribution is -1.95. The molecule has 6 heteroatoms. The molecule has 0 N–H and O–H groups in total. The largest absolute Gasteiger partial charge is 0.206 e. The van der Waals surface area contributed by atoms with Crippen LogP contribution < -0.4 is 0 Å². The zero-order valence-corrected chi connectivity index (χ0v) is 13.7. The summed E-state index contributed by atoms with van der Waals surface area (Å²) in [5.74, 6) is 2.82. The second-order valence-corrected chi connectivity index (χ2v) is 5.90. The molecule has 0 aliphatic carbocycles. The number of fused-ring (bicyclic) bond motifs is 1. The minimum Gasteiger partial charge on any atom is -0.206 e. The summed E-state index contributed by atoms with van der Waals surface area (Å²) in [5, 5.41) is 0. The molecular formula is C18H13F3N2S. The van der Waals surface area contributed by atoms with Crippen LogP contribution in [0.4, 0.5) is 13.2 Å². The van der Waals surface area contributed by atoms with E-state index in [1.807, 2.05) is 6.92 Å². The van der Waals surface area contributed by atoms with Crippen LogP contribution in [0.1, 0.15) is 36.5 Å². The van der Waals surface area contributed by atoms with E-state index in [-0.39, 0.29) is 11.1 Å². The van der Waals surface area contributed by atoms with Crippen molar-refractivity contribution in [3.63, 3.8) is 0 Å². The van der Waals surface area contributed by atoms with E-state index in [1.54, 1.807) is 0 Å². The second kappa shape index (κ2) is 7.02. The van der Waals surface area contributed by atoms with Gasteiger partial charge in [-0.1, -0.05) is 25.2 Å². The highest BCUT2D eigenvalue weighted by molar-refractivity contribution is 7.00. The molecular weight excluding hydrogens is 333 g/mol. The predicted molar refractivity (Wildman–Crippen MR) is 88.3 cm³/mol. The smallest absolute Gasteiger partial charge is 0.142 e. The first-order chi connectivity index (χ1) is 11.6. The van der Waals surface area contributed by atoms with Gasteiger partial charge in [0.15, 0.2) is 0 Å². The molecule has 0 saturated heterocycles. The van der Waals surface area contributed by atoms with Crippen molar-refractivity contribution in [1.29, 1.82) is 0 Å². The maximum atomic E-state index is 14.1. The number of benzene rings is 2. The predicted octanol–water partition coefficient (Wildman–Crippen LogP) is 4.85. The molecule has 24 heavy (non-hydrogen) atoms. The lowest BCUT2D eigenvalue weighted by Gasteiger charge is -2.03. The Labute approximate surface area is 141 Å². The van der Waals surface area contributed by atoms with E-state index in [2.05, 4.69) is 20.6 Å². The Morgan fingerprint density at radius 1 is 0.917 bits per heavy atom. The second-order valence-electron chi connectivity index (χ2n) is 5.37. The van der Waals surface area contributed by atoms with Crippen LogP contribution in [0.2, 0.25) is 0 Å². The fraction of sp³-hybridized carbons (Fsp3) is 0.222. The summed E-state index contributed by atoms with van der Waals surface area (Å²) < 4.78 is 50.0. The fourth-order valence-electron chi connectivity index (χ4n) is 2.30. The minimum atomic E-state index is -0.731. The zero-order chi connectivity index (χ0) is 17.1. The molecule has 0 fully saturated rings. The molecule has 1 aromatic heterocycles. The molecule has 0 aliphatic rings. The number of unbranched alkanes of at least 4 members (excludes halogenated alkanes) is 1. The van der Waals surface area contributed by atoms with Gasteiger partial charge in [-0.25, -0.2) is 13.2 Å². The summed E-state index contributed by atoms with van der Waals surface area (Å²) in [4.78, 5) is 0. The highest BCUT2D eigenvalue weighted by Crippen LogP contribution is 2.19. The van der Waals surface area contributed by atoms with Crippen LogP contribution in [0, 0.1) is 29.3 Å². The molecule has 0 unspecified atom stereocenters. The lowest BCUT2D eigenvalue weighted by molar-refractivity contribution is 0.572. The molecule has 2 aromatic carbocycles. The number of rotatable bonds is 3. The summed E-state index contributed by atoms with van der Waals surface area (Å²) in [7, 11) is 0. The van der Waals surface area contributed by atoms with Crippen molar-refractivity contribution in [3.05, 3.63) is 58.4 Å². The van der Waals surface area contributed by atoms with Crippen molar-refractivity contribution in [1.82, 2.24) is 8.75 Å². The van der Waals surface area contributed by atoms with E-state index in [0.29, 0.717) is 23.0 Å². The van der Waals surface area contributed by atoms with E-state index in [0.717, 1.165) is 24.6 Å². The van der Waals surface area contributed by atoms with Gasteiger partial charge in [-0.05, 0) is 36.6 Å². The van der Waals surface area contributed by atoms with Crippen LogP contribution in [-0.4, -0.2) is 8.75 Å². The van der Waals surface area contributed by atoms with Gasteiger partial charge in [0.1, 0.15) is 28.5 Å². The van der Waals surface area contributed by atoms with Crippen molar-refractivity contribution < 1.29 is 13.2 Å². The maximum absolute atomic E-state index is 14.1. The molecule has 1 heterocycles. The Hall–Kier alpha value is -2.39. The topological polar surface area (TPSA) is 25.8 Å². The van der Waals surface area contributed by atoms with Crippen molar-refractivity contribution in [2.45, 2.75) is 26.2 Å². The van der Waals surface area contributed by atoms with Crippen LogP contribution >= 0.6 is 11.7 Å². The lowest BCUT2D eigenvalue weighted by atomic mass is 10.0. The Bertz CT molecular complexity index is 931. The minimum absolute atomic E-state index is 0.0315. The van der Waals surface area contributed by atoms with Crippen LogP contribution in [0.5, 0.6) is 0 Å². The van der Waals surface area contributed by atoms with Gasteiger partial charge in [0, 0.05) is 6.07 Å². The van der Waals surface area contributed by atoms with Gasteiger partial charge in [-0.2, -0.15) is 8.75 Å². The first-order valence-electron chi connectivity index (χ1n) is 7.50. The SMILES string of the molecule is CCCCc1cc(F)c(C#Cc2cc3nsnc3cc2F)c(F)c1. The van der Waals surface area contributed by atoms with E-state index in [1.165, 1.54) is 24.3 Å². The fourth-order valence-corrected chi connectivity index (χ4v) is 2.81. The average molecular weight is 346 g/mol. The third-order valence-electron chi connectivity index (χ3n) is 3.59. The molecule has 3 aromatic rings. The molecule has 3 rings (SSSR count). The third-order valence-corrected chi connectivity index (χ3v) is 4.14. The van der Waals surface area contributed by atoms with Crippen LogP contribution in [0.25, 0.3) is 11.0 Å². The van der Waals surface area contributed by atoms with Crippen LogP contribution in [0.3, 0.4) is 0 Å². The summed E-state index contributed by atoms with van der Waals surface area (Å²) in [6.45, 7) is 2.01. The van der Waals surface area contributed by atoms with Crippen molar-refractivity contribution in [2.24, 2.45) is 0 Å². The van der Waals surface area contributed by atoms with Gasteiger partial charge < -0.3 is 0 Å². The van der Waals surface area contributed by atoms with Gasteiger partial charge in [0.2, 0.25) is 0 Å². The number of halogens is 3. The Morgan fingerprint density at radius 2 is 1.58 bits per heavy atom.